The maximum absolute atomic E-state index is 12.5. The molecule has 4 nitrogen and oxygen atoms in total. The number of nitrogens with two attached hydrogens (primary N) is 1. The number of rotatable bonds is 2. The quantitative estimate of drug-likeness (QED) is 0.782. The van der Waals surface area contributed by atoms with Crippen LogP contribution in [0.15, 0.2) is 6.20 Å². The van der Waals surface area contributed by atoms with Crippen molar-refractivity contribution in [1.82, 2.24) is 4.98 Å². The van der Waals surface area contributed by atoms with E-state index in [-0.39, 0.29) is 17.1 Å². The van der Waals surface area contributed by atoms with E-state index in [4.69, 9.17) is 11.0 Å². The van der Waals surface area contributed by atoms with E-state index in [0.717, 1.165) is 6.20 Å². The number of hydrogen-bond acceptors (Lipinski definition) is 4. The van der Waals surface area contributed by atoms with Gasteiger partial charge in [0.2, 0.25) is 5.88 Å². The Bertz CT molecular complexity index is 387. The molecule has 0 bridgehead atoms. The Morgan fingerprint density at radius 1 is 1.64 bits per heavy atom. The number of nitrogen functional groups attached to an aromatic ring is 1. The number of nitriles is 1. The van der Waals surface area contributed by atoms with Gasteiger partial charge in [-0.25, -0.2) is 13.8 Å². The van der Waals surface area contributed by atoms with Gasteiger partial charge in [0, 0.05) is 0 Å². The summed E-state index contributed by atoms with van der Waals surface area (Å²) in [6.45, 7) is 0. The molecule has 2 N–H and O–H groups in total. The standard InChI is InChI=1S/C8H7F2N3O/c1-14-8-5(7(9)10)6(12)4(2-11)3-13-8/h3,7H,1H3,(H2,12,13). The molecule has 0 atom stereocenters. The van der Waals surface area contributed by atoms with E-state index in [1.54, 1.807) is 6.07 Å². The van der Waals surface area contributed by atoms with Crippen LogP contribution in [0.4, 0.5) is 14.5 Å². The highest BCUT2D eigenvalue weighted by atomic mass is 19.3. The summed E-state index contributed by atoms with van der Waals surface area (Å²) in [6, 6.07) is 1.67. The van der Waals surface area contributed by atoms with Crippen molar-refractivity contribution in [3.8, 4) is 11.9 Å². The molecule has 0 radical (unpaired) electrons. The number of ether oxygens (including phenoxy) is 1. The molecule has 1 aromatic heterocycles. The molecular formula is C8H7F2N3O. The predicted octanol–water partition coefficient (Wildman–Crippen LogP) is 1.48. The van der Waals surface area contributed by atoms with Crippen molar-refractivity contribution in [2.24, 2.45) is 0 Å². The zero-order valence-corrected chi connectivity index (χ0v) is 7.29. The van der Waals surface area contributed by atoms with E-state index < -0.39 is 12.0 Å². The Kier molecular flexibility index (Phi) is 2.82. The van der Waals surface area contributed by atoms with Gasteiger partial charge < -0.3 is 10.5 Å². The maximum atomic E-state index is 12.5. The van der Waals surface area contributed by atoms with E-state index in [0.29, 0.717) is 0 Å². The average Bonchev–Trinajstić information content (AvgIpc) is 2.16. The molecule has 0 aromatic carbocycles. The van der Waals surface area contributed by atoms with Gasteiger partial charge in [-0.05, 0) is 0 Å². The second-order valence-electron chi connectivity index (χ2n) is 2.42. The highest BCUT2D eigenvalue weighted by Gasteiger charge is 2.21. The lowest BCUT2D eigenvalue weighted by Crippen LogP contribution is -2.03. The lowest BCUT2D eigenvalue weighted by Gasteiger charge is -2.09. The Morgan fingerprint density at radius 2 is 2.29 bits per heavy atom. The topological polar surface area (TPSA) is 71.9 Å². The van der Waals surface area contributed by atoms with Crippen molar-refractivity contribution in [3.05, 3.63) is 17.3 Å². The van der Waals surface area contributed by atoms with Crippen LogP contribution >= 0.6 is 0 Å². The van der Waals surface area contributed by atoms with E-state index in [9.17, 15) is 8.78 Å². The highest BCUT2D eigenvalue weighted by molar-refractivity contribution is 5.61. The largest absolute Gasteiger partial charge is 0.481 e. The fourth-order valence-electron chi connectivity index (χ4n) is 0.985. The summed E-state index contributed by atoms with van der Waals surface area (Å²) in [5, 5.41) is 8.53. The molecule has 0 amide bonds. The summed E-state index contributed by atoms with van der Waals surface area (Å²) in [6.07, 6.45) is -1.72. The Balaban J connectivity index is 3.41. The van der Waals surface area contributed by atoms with Gasteiger partial charge in [0.05, 0.1) is 24.6 Å². The van der Waals surface area contributed by atoms with Gasteiger partial charge in [-0.2, -0.15) is 5.26 Å². The van der Waals surface area contributed by atoms with E-state index in [1.165, 1.54) is 7.11 Å². The first-order valence-corrected chi connectivity index (χ1v) is 3.62. The zero-order valence-electron chi connectivity index (χ0n) is 7.29. The number of anilines is 1. The van der Waals surface area contributed by atoms with Gasteiger partial charge in [-0.1, -0.05) is 0 Å². The maximum Gasteiger partial charge on any atom is 0.271 e. The number of aromatic nitrogens is 1. The lowest BCUT2D eigenvalue weighted by atomic mass is 10.1. The van der Waals surface area contributed by atoms with Crippen LogP contribution in [0.25, 0.3) is 0 Å². The first kappa shape index (κ1) is 10.2. The SMILES string of the molecule is COc1ncc(C#N)c(N)c1C(F)F. The summed E-state index contributed by atoms with van der Waals surface area (Å²) in [5.74, 6) is -0.253. The number of nitrogens with zero attached hydrogens (tertiary/aromatic N) is 2. The van der Waals surface area contributed by atoms with Gasteiger partial charge in [0.15, 0.2) is 0 Å². The molecule has 6 heteroatoms. The van der Waals surface area contributed by atoms with Gasteiger partial charge in [-0.3, -0.25) is 0 Å². The monoisotopic (exact) mass is 199 g/mol. The van der Waals surface area contributed by atoms with Gasteiger partial charge >= 0.3 is 0 Å². The Hall–Kier alpha value is -1.90. The molecule has 74 valence electrons. The molecule has 0 spiro atoms. The van der Waals surface area contributed by atoms with Crippen LogP contribution in [-0.2, 0) is 0 Å². The second-order valence-corrected chi connectivity index (χ2v) is 2.42. The summed E-state index contributed by atoms with van der Waals surface area (Å²) in [5.41, 5.74) is 4.45. The Labute approximate surface area is 78.9 Å². The van der Waals surface area contributed by atoms with Crippen molar-refractivity contribution in [3.63, 3.8) is 0 Å². The Morgan fingerprint density at radius 3 is 2.71 bits per heavy atom. The molecule has 1 heterocycles. The van der Waals surface area contributed by atoms with Crippen LogP contribution in [0, 0.1) is 11.3 Å². The van der Waals surface area contributed by atoms with Crippen molar-refractivity contribution in [2.45, 2.75) is 6.43 Å². The number of methoxy groups -OCH3 is 1. The van der Waals surface area contributed by atoms with Crippen molar-refractivity contribution >= 4 is 5.69 Å². The number of pyridine rings is 1. The van der Waals surface area contributed by atoms with Gasteiger partial charge in [0.25, 0.3) is 6.43 Å². The molecule has 0 fully saturated rings. The summed E-state index contributed by atoms with van der Waals surface area (Å²) < 4.78 is 29.6. The number of hydrogen-bond donors (Lipinski definition) is 1. The van der Waals surface area contributed by atoms with Crippen LogP contribution < -0.4 is 10.5 Å². The second kappa shape index (κ2) is 3.87. The van der Waals surface area contributed by atoms with E-state index in [1.807, 2.05) is 0 Å². The summed E-state index contributed by atoms with van der Waals surface area (Å²) >= 11 is 0. The third kappa shape index (κ3) is 1.57. The zero-order chi connectivity index (χ0) is 10.7. The van der Waals surface area contributed by atoms with Crippen LogP contribution in [0.2, 0.25) is 0 Å². The van der Waals surface area contributed by atoms with Crippen LogP contribution in [0.3, 0.4) is 0 Å². The van der Waals surface area contributed by atoms with E-state index >= 15 is 0 Å². The van der Waals surface area contributed by atoms with Crippen molar-refractivity contribution in [1.29, 1.82) is 5.26 Å². The molecule has 0 aliphatic heterocycles. The third-order valence-electron chi connectivity index (χ3n) is 1.65. The van der Waals surface area contributed by atoms with Gasteiger partial charge in [0.1, 0.15) is 11.6 Å². The number of alkyl halides is 2. The van der Waals surface area contributed by atoms with Gasteiger partial charge in [-0.15, -0.1) is 0 Å². The minimum Gasteiger partial charge on any atom is -0.481 e. The minimum atomic E-state index is -2.81. The molecular weight excluding hydrogens is 192 g/mol. The van der Waals surface area contributed by atoms with Crippen LogP contribution in [0.1, 0.15) is 17.6 Å². The fourth-order valence-corrected chi connectivity index (χ4v) is 0.985. The molecule has 0 unspecified atom stereocenters. The average molecular weight is 199 g/mol. The summed E-state index contributed by atoms with van der Waals surface area (Å²) in [7, 11) is 1.21. The lowest BCUT2D eigenvalue weighted by molar-refractivity contribution is 0.147. The van der Waals surface area contributed by atoms with E-state index in [2.05, 4.69) is 9.72 Å². The van der Waals surface area contributed by atoms with Crippen molar-refractivity contribution < 1.29 is 13.5 Å². The van der Waals surface area contributed by atoms with Crippen LogP contribution in [-0.4, -0.2) is 12.1 Å². The van der Waals surface area contributed by atoms with Crippen molar-refractivity contribution in [2.75, 3.05) is 12.8 Å². The minimum absolute atomic E-state index is 0.0823. The fraction of sp³-hybridized carbons (Fsp3) is 0.250. The smallest absolute Gasteiger partial charge is 0.271 e. The first-order chi connectivity index (χ1) is 6.61. The molecule has 0 saturated carbocycles. The molecule has 0 saturated heterocycles. The third-order valence-corrected chi connectivity index (χ3v) is 1.65. The summed E-state index contributed by atoms with van der Waals surface area (Å²) in [4.78, 5) is 3.55. The van der Waals surface area contributed by atoms with Crippen LogP contribution in [0.5, 0.6) is 5.88 Å². The molecule has 0 aliphatic rings. The predicted molar refractivity (Wildman–Crippen MR) is 44.9 cm³/mol. The molecule has 14 heavy (non-hydrogen) atoms. The molecule has 1 aromatic rings. The highest BCUT2D eigenvalue weighted by Crippen LogP contribution is 2.33. The number of halogens is 2. The first-order valence-electron chi connectivity index (χ1n) is 3.62. The molecule has 1 rings (SSSR count). The normalized spacial score (nSPS) is 9.93. The molecule has 0 aliphatic carbocycles.